The van der Waals surface area contributed by atoms with Crippen LogP contribution in [0, 0.1) is 0 Å². The van der Waals surface area contributed by atoms with Gasteiger partial charge in [0, 0.05) is 20.4 Å². The number of nitrogens with zero attached hydrogens (tertiary/aromatic N) is 1. The highest BCUT2D eigenvalue weighted by Crippen LogP contribution is 2.26. The molecular formula is C11H17N3O3S. The van der Waals surface area contributed by atoms with Gasteiger partial charge < -0.3 is 16.0 Å². The van der Waals surface area contributed by atoms with Gasteiger partial charge in [-0.05, 0) is 12.1 Å². The number of nitrogens with two attached hydrogens (primary N) is 1. The molecule has 0 unspecified atom stereocenters. The van der Waals surface area contributed by atoms with Gasteiger partial charge in [-0.25, -0.2) is 8.42 Å². The van der Waals surface area contributed by atoms with Crippen molar-refractivity contribution >= 4 is 27.1 Å². The predicted molar refractivity (Wildman–Crippen MR) is 71.1 cm³/mol. The number of sulfone groups is 1. The summed E-state index contributed by atoms with van der Waals surface area (Å²) >= 11 is 0. The lowest BCUT2D eigenvalue weighted by molar-refractivity contribution is -0.126. The minimum absolute atomic E-state index is 0.0599. The van der Waals surface area contributed by atoms with E-state index in [1.807, 2.05) is 0 Å². The molecule has 1 amide bonds. The van der Waals surface area contributed by atoms with Crippen molar-refractivity contribution in [3.05, 3.63) is 18.2 Å². The average molecular weight is 271 g/mol. The molecule has 0 heterocycles. The van der Waals surface area contributed by atoms with Crippen molar-refractivity contribution in [3.63, 3.8) is 0 Å². The molecule has 3 N–H and O–H groups in total. The zero-order valence-electron chi connectivity index (χ0n) is 10.6. The summed E-state index contributed by atoms with van der Waals surface area (Å²) in [5.41, 5.74) is 6.33. The number of carbonyl (C=O) groups excluding carboxylic acids is 1. The first kappa shape index (κ1) is 14.3. The normalized spacial score (nSPS) is 11.1. The molecule has 1 rings (SSSR count). The van der Waals surface area contributed by atoms with Gasteiger partial charge in [-0.3, -0.25) is 4.79 Å². The third-order valence-electron chi connectivity index (χ3n) is 2.39. The van der Waals surface area contributed by atoms with Crippen LogP contribution in [-0.4, -0.2) is 46.1 Å². The quantitative estimate of drug-likeness (QED) is 0.762. The van der Waals surface area contributed by atoms with Gasteiger partial charge in [-0.2, -0.15) is 0 Å². The Morgan fingerprint density at radius 3 is 2.50 bits per heavy atom. The molecule has 0 aliphatic heterocycles. The van der Waals surface area contributed by atoms with E-state index in [1.54, 1.807) is 26.2 Å². The summed E-state index contributed by atoms with van der Waals surface area (Å²) in [7, 11) is -0.0929. The highest BCUT2D eigenvalue weighted by molar-refractivity contribution is 7.90. The summed E-state index contributed by atoms with van der Waals surface area (Å²) in [6.45, 7) is 0.0599. The van der Waals surface area contributed by atoms with Gasteiger partial charge in [0.1, 0.15) is 0 Å². The van der Waals surface area contributed by atoms with E-state index >= 15 is 0 Å². The van der Waals surface area contributed by atoms with Crippen molar-refractivity contribution in [1.29, 1.82) is 0 Å². The lowest BCUT2D eigenvalue weighted by Gasteiger charge is -2.14. The van der Waals surface area contributed by atoms with Gasteiger partial charge in [0.25, 0.3) is 0 Å². The smallest absolute Gasteiger partial charge is 0.241 e. The number of rotatable bonds is 4. The lowest BCUT2D eigenvalue weighted by atomic mass is 10.2. The van der Waals surface area contributed by atoms with Crippen LogP contribution in [0.25, 0.3) is 0 Å². The van der Waals surface area contributed by atoms with Crippen LogP contribution in [0.1, 0.15) is 0 Å². The van der Waals surface area contributed by atoms with E-state index in [4.69, 9.17) is 5.73 Å². The van der Waals surface area contributed by atoms with Gasteiger partial charge in [0.15, 0.2) is 9.84 Å². The monoisotopic (exact) mass is 271 g/mol. The van der Waals surface area contributed by atoms with E-state index in [9.17, 15) is 13.2 Å². The number of hydrogen-bond donors (Lipinski definition) is 2. The van der Waals surface area contributed by atoms with Crippen molar-refractivity contribution in [2.24, 2.45) is 0 Å². The predicted octanol–water partition coefficient (Wildman–Crippen LogP) is 0.172. The minimum atomic E-state index is -3.37. The molecule has 0 saturated heterocycles. The van der Waals surface area contributed by atoms with Gasteiger partial charge in [0.05, 0.1) is 22.8 Å². The number of likely N-dealkylation sites (N-methyl/N-ethyl adjacent to an activating group) is 1. The molecule has 0 aromatic heterocycles. The van der Waals surface area contributed by atoms with Crippen molar-refractivity contribution in [1.82, 2.24) is 4.90 Å². The Labute approximate surface area is 107 Å². The highest BCUT2D eigenvalue weighted by atomic mass is 32.2. The van der Waals surface area contributed by atoms with Gasteiger partial charge >= 0.3 is 0 Å². The Hall–Kier alpha value is -1.76. The summed E-state index contributed by atoms with van der Waals surface area (Å²) in [6, 6.07) is 4.64. The molecule has 0 bridgehead atoms. The molecule has 0 aliphatic rings. The molecular weight excluding hydrogens is 254 g/mol. The molecule has 0 atom stereocenters. The van der Waals surface area contributed by atoms with Crippen LogP contribution in [0.4, 0.5) is 11.4 Å². The molecule has 6 nitrogen and oxygen atoms in total. The molecule has 0 aliphatic carbocycles. The Bertz CT molecular complexity index is 553. The standard InChI is InChI=1S/C11H17N3O3S/c1-14(2)10(15)7-13-8-5-4-6-9(11(8)12)18(3,16)17/h4-6,13H,7,12H2,1-3H3. The lowest BCUT2D eigenvalue weighted by Crippen LogP contribution is -2.28. The Morgan fingerprint density at radius 2 is 2.00 bits per heavy atom. The summed E-state index contributed by atoms with van der Waals surface area (Å²) < 4.78 is 22.9. The highest BCUT2D eigenvalue weighted by Gasteiger charge is 2.14. The largest absolute Gasteiger partial charge is 0.396 e. The first-order chi connectivity index (χ1) is 8.23. The summed E-state index contributed by atoms with van der Waals surface area (Å²) in [6.07, 6.45) is 1.09. The Balaban J connectivity index is 2.96. The molecule has 100 valence electrons. The Morgan fingerprint density at radius 1 is 1.39 bits per heavy atom. The molecule has 0 spiro atoms. The first-order valence-corrected chi connectivity index (χ1v) is 7.15. The second-order valence-corrected chi connectivity index (χ2v) is 6.12. The molecule has 18 heavy (non-hydrogen) atoms. The maximum atomic E-state index is 11.5. The first-order valence-electron chi connectivity index (χ1n) is 5.26. The van der Waals surface area contributed by atoms with Crippen LogP contribution < -0.4 is 11.1 Å². The number of benzene rings is 1. The van der Waals surface area contributed by atoms with Gasteiger partial charge in [-0.1, -0.05) is 6.07 Å². The average Bonchev–Trinajstić information content (AvgIpc) is 2.25. The maximum Gasteiger partial charge on any atom is 0.241 e. The fraction of sp³-hybridized carbons (Fsp3) is 0.364. The van der Waals surface area contributed by atoms with Crippen molar-refractivity contribution in [2.45, 2.75) is 4.90 Å². The molecule has 7 heteroatoms. The molecule has 1 aromatic carbocycles. The van der Waals surface area contributed by atoms with Gasteiger partial charge in [0.2, 0.25) is 5.91 Å². The number of carbonyl (C=O) groups is 1. The number of amides is 1. The van der Waals surface area contributed by atoms with Crippen LogP contribution in [0.2, 0.25) is 0 Å². The van der Waals surface area contributed by atoms with Crippen LogP contribution >= 0.6 is 0 Å². The third-order valence-corrected chi connectivity index (χ3v) is 3.55. The van der Waals surface area contributed by atoms with E-state index < -0.39 is 9.84 Å². The van der Waals surface area contributed by atoms with Gasteiger partial charge in [-0.15, -0.1) is 0 Å². The second-order valence-electron chi connectivity index (χ2n) is 4.13. The van der Waals surface area contributed by atoms with E-state index in [0.717, 1.165) is 6.26 Å². The molecule has 0 radical (unpaired) electrons. The fourth-order valence-electron chi connectivity index (χ4n) is 1.35. The van der Waals surface area contributed by atoms with Crippen molar-refractivity contribution in [3.8, 4) is 0 Å². The number of nitrogens with one attached hydrogen (secondary N) is 1. The van der Waals surface area contributed by atoms with E-state index in [2.05, 4.69) is 5.32 Å². The maximum absolute atomic E-state index is 11.5. The SMILES string of the molecule is CN(C)C(=O)CNc1cccc(S(C)(=O)=O)c1N. The van der Waals surface area contributed by atoms with Crippen LogP contribution in [0.15, 0.2) is 23.1 Å². The number of anilines is 2. The molecule has 1 aromatic rings. The number of nitrogen functional groups attached to an aromatic ring is 1. The molecule has 0 saturated carbocycles. The van der Waals surface area contributed by atoms with Crippen LogP contribution in [0.3, 0.4) is 0 Å². The van der Waals surface area contributed by atoms with Crippen LogP contribution in [0.5, 0.6) is 0 Å². The zero-order chi connectivity index (χ0) is 13.9. The fourth-order valence-corrected chi connectivity index (χ4v) is 2.19. The van der Waals surface area contributed by atoms with E-state index in [-0.39, 0.29) is 23.0 Å². The zero-order valence-corrected chi connectivity index (χ0v) is 11.4. The van der Waals surface area contributed by atoms with Crippen molar-refractivity contribution in [2.75, 3.05) is 37.9 Å². The second kappa shape index (κ2) is 5.26. The summed E-state index contributed by atoms with van der Waals surface area (Å²) in [4.78, 5) is 12.9. The summed E-state index contributed by atoms with van der Waals surface area (Å²) in [5, 5.41) is 2.83. The van der Waals surface area contributed by atoms with E-state index in [0.29, 0.717) is 5.69 Å². The molecule has 0 fully saturated rings. The van der Waals surface area contributed by atoms with Crippen molar-refractivity contribution < 1.29 is 13.2 Å². The number of hydrogen-bond acceptors (Lipinski definition) is 5. The summed E-state index contributed by atoms with van der Waals surface area (Å²) in [5.74, 6) is -0.126. The third kappa shape index (κ3) is 3.36. The van der Waals surface area contributed by atoms with E-state index in [1.165, 1.54) is 11.0 Å². The topological polar surface area (TPSA) is 92.5 Å². The Kier molecular flexibility index (Phi) is 4.18. The van der Waals surface area contributed by atoms with Crippen LogP contribution in [-0.2, 0) is 14.6 Å². The number of para-hydroxylation sites is 1. The minimum Gasteiger partial charge on any atom is -0.396 e.